The van der Waals surface area contributed by atoms with Crippen molar-refractivity contribution in [3.8, 4) is 22.3 Å². The molecule has 0 saturated heterocycles. The Hall–Kier alpha value is -2.90. The van der Waals surface area contributed by atoms with Crippen molar-refractivity contribution in [3.63, 3.8) is 0 Å². The predicted octanol–water partition coefficient (Wildman–Crippen LogP) is 10.6. The fraction of sp³-hybridized carbons (Fsp3) is 0.194. The molecule has 0 fully saturated rings. The molecule has 0 radical (unpaired) electrons. The molecule has 0 aromatic heterocycles. The summed E-state index contributed by atoms with van der Waals surface area (Å²) in [4.78, 5) is 0. The average Bonchev–Trinajstić information content (AvgIpc) is 3.56. The maximum absolute atomic E-state index is 5.55. The van der Waals surface area contributed by atoms with Crippen molar-refractivity contribution in [2.24, 2.45) is 0 Å². The number of benzene rings is 4. The first-order valence-corrected chi connectivity index (χ1v) is 33.8. The van der Waals surface area contributed by atoms with Crippen LogP contribution in [-0.2, 0) is 15.1 Å². The molecule has 2 unspecified atom stereocenters. The molecule has 0 N–H and O–H groups in total. The van der Waals surface area contributed by atoms with Gasteiger partial charge in [-0.05, 0) is 0 Å². The van der Waals surface area contributed by atoms with Gasteiger partial charge in [0.25, 0.3) is 0 Å². The molecule has 2 aliphatic rings. The Bertz CT molecular complexity index is 1610. The van der Waals surface area contributed by atoms with Gasteiger partial charge in [-0.2, -0.15) is 0 Å². The summed E-state index contributed by atoms with van der Waals surface area (Å²) in [6.07, 6.45) is 9.83. The molecule has 4 aromatic carbocycles. The standard InChI is InChI=1S/2C15H11.C2H5.3CH3.CH2.Hf/c2*1-2-6-12(7-3-1)14-10-4-8-13-9-5-11-15(13)14;1-2;;;;;/h2*1-11H;1H2,2H3;3*1H3;1H2;. The number of fused-ring (bicyclic) bond motifs is 2. The molecule has 0 nitrogen and oxygen atoms in total. The summed E-state index contributed by atoms with van der Waals surface area (Å²) >= 11 is -5.02. The summed E-state index contributed by atoms with van der Waals surface area (Å²) in [6.45, 7) is 2.41. The molecule has 2 aliphatic carbocycles. The average molecular weight is 649 g/mol. The minimum absolute atomic E-state index is 0.314. The van der Waals surface area contributed by atoms with E-state index in [1.165, 1.54) is 44.5 Å². The van der Waals surface area contributed by atoms with Crippen LogP contribution in [0, 0.1) is 0 Å². The van der Waals surface area contributed by atoms with E-state index in [1.54, 1.807) is 0 Å². The molecule has 0 heterocycles. The Morgan fingerprint density at radius 2 is 0.973 bits per heavy atom. The zero-order valence-corrected chi connectivity index (χ0v) is 26.2. The Kier molecular flexibility index (Phi) is 4.72. The second-order valence-corrected chi connectivity index (χ2v) is 69.3. The zero-order valence-electron chi connectivity index (χ0n) is 22.6. The molecule has 0 saturated carbocycles. The number of hydrogen-bond donors (Lipinski definition) is 0. The van der Waals surface area contributed by atoms with E-state index in [1.807, 2.05) is 0 Å². The second-order valence-electron chi connectivity index (χ2n) is 15.0. The third kappa shape index (κ3) is 3.40. The molecule has 0 spiro atoms. The van der Waals surface area contributed by atoms with Crippen molar-refractivity contribution in [2.75, 3.05) is 0 Å². The Morgan fingerprint density at radius 3 is 1.35 bits per heavy atom. The number of allylic oxidation sites excluding steroid dienone is 2. The van der Waals surface area contributed by atoms with Gasteiger partial charge < -0.3 is 0 Å². The van der Waals surface area contributed by atoms with Crippen LogP contribution in [0.1, 0.15) is 36.5 Å². The van der Waals surface area contributed by atoms with Crippen LogP contribution >= 0.6 is 0 Å². The van der Waals surface area contributed by atoms with Crippen LogP contribution < -0.4 is 0 Å². The molecule has 37 heavy (non-hydrogen) atoms. The maximum atomic E-state index is 5.55. The van der Waals surface area contributed by atoms with Crippen LogP contribution in [0.5, 0.6) is 0 Å². The number of rotatable bonds is 5. The van der Waals surface area contributed by atoms with Gasteiger partial charge in [0, 0.05) is 0 Å². The van der Waals surface area contributed by atoms with E-state index in [-0.39, 0.29) is 0 Å². The fourth-order valence-electron chi connectivity index (χ4n) is 7.56. The fourth-order valence-corrected chi connectivity index (χ4v) is 32.7. The van der Waals surface area contributed by atoms with E-state index in [0.29, 0.717) is 7.35 Å². The van der Waals surface area contributed by atoms with Crippen molar-refractivity contribution >= 4 is 16.4 Å². The molecule has 4 aromatic rings. The van der Waals surface area contributed by atoms with Gasteiger partial charge in [-0.15, -0.1) is 0 Å². The van der Waals surface area contributed by atoms with Crippen LogP contribution in [0.3, 0.4) is 0 Å². The van der Waals surface area contributed by atoms with Crippen molar-refractivity contribution < 1.29 is 15.1 Å². The van der Waals surface area contributed by atoms with Crippen molar-refractivity contribution in [1.29, 1.82) is 0 Å². The van der Waals surface area contributed by atoms with E-state index in [0.717, 1.165) is 4.18 Å². The number of hydrogen-bond acceptors (Lipinski definition) is 0. The van der Waals surface area contributed by atoms with Crippen molar-refractivity contribution in [1.82, 2.24) is 0 Å². The van der Waals surface area contributed by atoms with Gasteiger partial charge in [-0.1, -0.05) is 0 Å². The third-order valence-electron chi connectivity index (χ3n) is 10.9. The summed E-state index contributed by atoms with van der Waals surface area (Å²) in [5, 5.41) is 0. The summed E-state index contributed by atoms with van der Waals surface area (Å²) in [7, 11) is 0. The van der Waals surface area contributed by atoms with Gasteiger partial charge in [0.1, 0.15) is 0 Å². The van der Waals surface area contributed by atoms with Gasteiger partial charge in [0.15, 0.2) is 0 Å². The molecule has 0 aliphatic heterocycles. The van der Waals surface area contributed by atoms with Crippen LogP contribution in [0.4, 0.5) is 0 Å². The van der Waals surface area contributed by atoms with Crippen molar-refractivity contribution in [3.05, 3.63) is 131 Å². The van der Waals surface area contributed by atoms with Crippen LogP contribution in [0.2, 0.25) is 18.2 Å². The first-order chi connectivity index (χ1) is 17.5. The Labute approximate surface area is 216 Å². The second kappa shape index (κ2) is 7.14. The predicted molar refractivity (Wildman–Crippen MR) is 162 cm³/mol. The SMILES string of the molecule is [CH2]=[Hf]([CH3])([CH3])([CH3])([CH2]C)([CH]1C=Cc2c(-c3ccccc3)cccc21)[CH]1C=Cc2c(-c3ccccc3)cccc21. The molecule has 0 amide bonds. The first-order valence-electron chi connectivity index (χ1n) is 13.8. The Morgan fingerprint density at radius 1 is 0.568 bits per heavy atom. The molecular formula is C36H38Hf. The molecule has 186 valence electrons. The minimum atomic E-state index is -5.02. The summed E-state index contributed by atoms with van der Waals surface area (Å²) in [5.74, 6) is 0. The summed E-state index contributed by atoms with van der Waals surface area (Å²) in [5.41, 5.74) is 10.9. The summed E-state index contributed by atoms with van der Waals surface area (Å²) < 4.78 is 15.2. The van der Waals surface area contributed by atoms with E-state index in [9.17, 15) is 0 Å². The van der Waals surface area contributed by atoms with E-state index < -0.39 is 15.1 Å². The quantitative estimate of drug-likeness (QED) is 0.189. The normalized spacial score (nSPS) is 20.9. The molecule has 0 bridgehead atoms. The topological polar surface area (TPSA) is 0 Å². The van der Waals surface area contributed by atoms with Gasteiger partial charge in [0.05, 0.1) is 0 Å². The van der Waals surface area contributed by atoms with Gasteiger partial charge >= 0.3 is 218 Å². The molecule has 6 rings (SSSR count). The molecule has 1 heteroatoms. The van der Waals surface area contributed by atoms with Crippen LogP contribution in [0.25, 0.3) is 34.4 Å². The Balaban J connectivity index is 1.57. The van der Waals surface area contributed by atoms with Crippen LogP contribution in [-0.4, -0.2) is 4.26 Å². The molecule has 2 atom stereocenters. The molecular weight excluding hydrogens is 611 g/mol. The van der Waals surface area contributed by atoms with Gasteiger partial charge in [-0.25, -0.2) is 0 Å². The zero-order chi connectivity index (χ0) is 26.0. The van der Waals surface area contributed by atoms with E-state index in [4.69, 9.17) is 4.26 Å². The third-order valence-corrected chi connectivity index (χ3v) is 49.1. The van der Waals surface area contributed by atoms with E-state index >= 15 is 0 Å². The van der Waals surface area contributed by atoms with E-state index in [2.05, 4.69) is 142 Å². The van der Waals surface area contributed by atoms with Gasteiger partial charge in [0.2, 0.25) is 0 Å². The van der Waals surface area contributed by atoms with Crippen LogP contribution in [0.15, 0.2) is 109 Å². The summed E-state index contributed by atoms with van der Waals surface area (Å²) in [6, 6.07) is 35.4. The van der Waals surface area contributed by atoms with Gasteiger partial charge in [-0.3, -0.25) is 0 Å². The monoisotopic (exact) mass is 650 g/mol. The van der Waals surface area contributed by atoms with Crippen molar-refractivity contribution in [2.45, 2.75) is 32.5 Å². The first kappa shape index (κ1) is 24.4.